The normalized spacial score (nSPS) is 11.8. The molecule has 5 nitrogen and oxygen atoms in total. The molecule has 0 bridgehead atoms. The lowest BCUT2D eigenvalue weighted by Gasteiger charge is -2.13. The van der Waals surface area contributed by atoms with Gasteiger partial charge in [-0.1, -0.05) is 36.4 Å². The molecule has 0 atom stereocenters. The fourth-order valence-corrected chi connectivity index (χ4v) is 4.20. The third-order valence-electron chi connectivity index (χ3n) is 4.86. The van der Waals surface area contributed by atoms with Crippen LogP contribution in [0.4, 0.5) is 18.9 Å². The van der Waals surface area contributed by atoms with Crippen LogP contribution in [0.15, 0.2) is 71.6 Å². The number of sulfonamides is 1. The van der Waals surface area contributed by atoms with Gasteiger partial charge in [0.2, 0.25) is 0 Å². The van der Waals surface area contributed by atoms with Gasteiger partial charge in [0, 0.05) is 12.1 Å². The Kier molecular flexibility index (Phi) is 6.59. The maximum absolute atomic E-state index is 12.9. The summed E-state index contributed by atoms with van der Waals surface area (Å²) in [7, 11) is -3.95. The number of alkyl halides is 3. The second-order valence-electron chi connectivity index (χ2n) is 7.28. The van der Waals surface area contributed by atoms with Crippen molar-refractivity contribution < 1.29 is 26.4 Å². The standard InChI is InChI=1S/C23H21F3N2O3S/c1-15-10-11-19(32(30,31)28-21-9-4-3-6-16(21)2)13-20(15)22(29)27-14-17-7-5-8-18(12-17)23(24,25)26/h3-13,28H,14H2,1-2H3,(H,27,29). The van der Waals surface area contributed by atoms with E-state index in [1.54, 1.807) is 38.1 Å². The number of benzene rings is 3. The summed E-state index contributed by atoms with van der Waals surface area (Å²) in [5.41, 5.74) is 1.27. The van der Waals surface area contributed by atoms with Crippen LogP contribution >= 0.6 is 0 Å². The molecule has 3 aromatic carbocycles. The van der Waals surface area contributed by atoms with Crippen molar-refractivity contribution in [3.63, 3.8) is 0 Å². The quantitative estimate of drug-likeness (QED) is 0.538. The zero-order valence-corrected chi connectivity index (χ0v) is 18.1. The number of aryl methyl sites for hydroxylation is 2. The first kappa shape index (κ1) is 23.3. The minimum atomic E-state index is -4.48. The highest BCUT2D eigenvalue weighted by molar-refractivity contribution is 7.92. The number of hydrogen-bond acceptors (Lipinski definition) is 3. The number of hydrogen-bond donors (Lipinski definition) is 2. The average Bonchev–Trinajstić information content (AvgIpc) is 2.73. The number of amides is 1. The van der Waals surface area contributed by atoms with Crippen LogP contribution in [-0.2, 0) is 22.7 Å². The van der Waals surface area contributed by atoms with Crippen molar-refractivity contribution in [3.8, 4) is 0 Å². The highest BCUT2D eigenvalue weighted by Gasteiger charge is 2.30. The molecule has 0 heterocycles. The van der Waals surface area contributed by atoms with Crippen molar-refractivity contribution in [1.82, 2.24) is 5.32 Å². The van der Waals surface area contributed by atoms with Crippen LogP contribution in [0.5, 0.6) is 0 Å². The van der Waals surface area contributed by atoms with E-state index < -0.39 is 27.7 Å². The van der Waals surface area contributed by atoms with Crippen LogP contribution < -0.4 is 10.0 Å². The van der Waals surface area contributed by atoms with Gasteiger partial charge in [-0.25, -0.2) is 8.42 Å². The Balaban J connectivity index is 1.79. The van der Waals surface area contributed by atoms with Gasteiger partial charge in [0.05, 0.1) is 16.1 Å². The van der Waals surface area contributed by atoms with Gasteiger partial charge in [-0.05, 0) is 60.9 Å². The molecule has 2 N–H and O–H groups in total. The van der Waals surface area contributed by atoms with E-state index in [-0.39, 0.29) is 22.6 Å². The molecule has 0 saturated carbocycles. The summed E-state index contributed by atoms with van der Waals surface area (Å²) in [6.07, 6.45) is -4.48. The van der Waals surface area contributed by atoms with E-state index in [1.807, 2.05) is 0 Å². The molecular weight excluding hydrogens is 441 g/mol. The van der Waals surface area contributed by atoms with Gasteiger partial charge in [0.1, 0.15) is 0 Å². The fourth-order valence-electron chi connectivity index (χ4n) is 3.04. The zero-order chi connectivity index (χ0) is 23.5. The van der Waals surface area contributed by atoms with Crippen LogP contribution in [0.2, 0.25) is 0 Å². The molecule has 32 heavy (non-hydrogen) atoms. The van der Waals surface area contributed by atoms with Crippen molar-refractivity contribution in [3.05, 3.63) is 94.5 Å². The van der Waals surface area contributed by atoms with Gasteiger partial charge in [-0.15, -0.1) is 0 Å². The van der Waals surface area contributed by atoms with Crippen molar-refractivity contribution in [2.45, 2.75) is 31.5 Å². The van der Waals surface area contributed by atoms with Crippen LogP contribution in [0.3, 0.4) is 0 Å². The molecule has 1 amide bonds. The summed E-state index contributed by atoms with van der Waals surface area (Å²) < 4.78 is 66.7. The van der Waals surface area contributed by atoms with Crippen molar-refractivity contribution in [2.75, 3.05) is 4.72 Å². The van der Waals surface area contributed by atoms with Gasteiger partial charge in [0.25, 0.3) is 15.9 Å². The molecule has 9 heteroatoms. The smallest absolute Gasteiger partial charge is 0.348 e. The van der Waals surface area contributed by atoms with E-state index in [4.69, 9.17) is 0 Å². The molecular formula is C23H21F3N2O3S. The number of carbonyl (C=O) groups excluding carboxylic acids is 1. The lowest BCUT2D eigenvalue weighted by Crippen LogP contribution is -2.24. The molecule has 0 unspecified atom stereocenters. The number of carbonyl (C=O) groups is 1. The zero-order valence-electron chi connectivity index (χ0n) is 17.3. The predicted molar refractivity (Wildman–Crippen MR) is 116 cm³/mol. The number of halogens is 3. The molecule has 0 aliphatic heterocycles. The van der Waals surface area contributed by atoms with E-state index >= 15 is 0 Å². The number of anilines is 1. The highest BCUT2D eigenvalue weighted by Crippen LogP contribution is 2.29. The molecule has 3 rings (SSSR count). The van der Waals surface area contributed by atoms with Crippen LogP contribution in [-0.4, -0.2) is 14.3 Å². The Bertz CT molecular complexity index is 1260. The summed E-state index contributed by atoms with van der Waals surface area (Å²) in [6, 6.07) is 15.7. The monoisotopic (exact) mass is 462 g/mol. The number of rotatable bonds is 6. The first-order chi connectivity index (χ1) is 15.0. The predicted octanol–water partition coefficient (Wildman–Crippen LogP) is 5.05. The Hall–Kier alpha value is -3.33. The summed E-state index contributed by atoms with van der Waals surface area (Å²) >= 11 is 0. The topological polar surface area (TPSA) is 75.3 Å². The van der Waals surface area contributed by atoms with Crippen LogP contribution in [0, 0.1) is 13.8 Å². The van der Waals surface area contributed by atoms with Crippen LogP contribution in [0.1, 0.15) is 32.6 Å². The van der Waals surface area contributed by atoms with Crippen molar-refractivity contribution in [2.24, 2.45) is 0 Å². The van der Waals surface area contributed by atoms with Crippen LogP contribution in [0.25, 0.3) is 0 Å². The minimum absolute atomic E-state index is 0.101. The molecule has 0 aliphatic carbocycles. The summed E-state index contributed by atoms with van der Waals surface area (Å²) in [5.74, 6) is -0.590. The molecule has 0 aliphatic rings. The summed E-state index contributed by atoms with van der Waals surface area (Å²) in [5, 5.41) is 2.55. The lowest BCUT2D eigenvalue weighted by molar-refractivity contribution is -0.137. The molecule has 0 saturated heterocycles. The second kappa shape index (κ2) is 9.04. The summed E-state index contributed by atoms with van der Waals surface area (Å²) in [6.45, 7) is 3.27. The maximum Gasteiger partial charge on any atom is 0.416 e. The van der Waals surface area contributed by atoms with Crippen molar-refractivity contribution >= 4 is 21.6 Å². The van der Waals surface area contributed by atoms with Gasteiger partial charge in [-0.3, -0.25) is 9.52 Å². The Morgan fingerprint density at radius 3 is 2.31 bits per heavy atom. The average molecular weight is 462 g/mol. The fraction of sp³-hybridized carbons (Fsp3) is 0.174. The van der Waals surface area contributed by atoms with E-state index in [0.717, 1.165) is 17.7 Å². The number of nitrogens with one attached hydrogen (secondary N) is 2. The van der Waals surface area contributed by atoms with Gasteiger partial charge in [-0.2, -0.15) is 13.2 Å². The first-order valence-electron chi connectivity index (χ1n) is 9.61. The number of para-hydroxylation sites is 1. The summed E-state index contributed by atoms with van der Waals surface area (Å²) in [4.78, 5) is 12.6. The van der Waals surface area contributed by atoms with E-state index in [2.05, 4.69) is 10.0 Å². The van der Waals surface area contributed by atoms with E-state index in [9.17, 15) is 26.4 Å². The van der Waals surface area contributed by atoms with E-state index in [0.29, 0.717) is 11.3 Å². The molecule has 0 fully saturated rings. The SMILES string of the molecule is Cc1ccccc1NS(=O)(=O)c1ccc(C)c(C(=O)NCc2cccc(C(F)(F)F)c2)c1. The molecule has 0 spiro atoms. The first-order valence-corrected chi connectivity index (χ1v) is 11.1. The third-order valence-corrected chi connectivity index (χ3v) is 6.22. The van der Waals surface area contributed by atoms with Gasteiger partial charge in [0.15, 0.2) is 0 Å². The Morgan fingerprint density at radius 1 is 0.906 bits per heavy atom. The van der Waals surface area contributed by atoms with E-state index in [1.165, 1.54) is 30.3 Å². The largest absolute Gasteiger partial charge is 0.416 e. The Morgan fingerprint density at radius 2 is 1.62 bits per heavy atom. The molecule has 0 radical (unpaired) electrons. The lowest BCUT2D eigenvalue weighted by atomic mass is 10.1. The molecule has 0 aromatic heterocycles. The maximum atomic E-state index is 12.9. The second-order valence-corrected chi connectivity index (χ2v) is 8.96. The Labute approximate surface area is 184 Å². The van der Waals surface area contributed by atoms with Gasteiger partial charge >= 0.3 is 6.18 Å². The third kappa shape index (κ3) is 5.47. The molecule has 168 valence electrons. The van der Waals surface area contributed by atoms with Crippen molar-refractivity contribution in [1.29, 1.82) is 0 Å². The minimum Gasteiger partial charge on any atom is -0.348 e. The molecule has 3 aromatic rings. The van der Waals surface area contributed by atoms with Gasteiger partial charge < -0.3 is 5.32 Å². The highest BCUT2D eigenvalue weighted by atomic mass is 32.2.